The van der Waals surface area contributed by atoms with Crippen molar-refractivity contribution < 1.29 is 4.42 Å². The second-order valence-electron chi connectivity index (χ2n) is 4.58. The summed E-state index contributed by atoms with van der Waals surface area (Å²) in [4.78, 5) is 0. The van der Waals surface area contributed by atoms with Crippen LogP contribution in [0, 0.1) is 6.92 Å². The first-order chi connectivity index (χ1) is 8.66. The summed E-state index contributed by atoms with van der Waals surface area (Å²) in [5.41, 5.74) is 1.33. The van der Waals surface area contributed by atoms with E-state index in [1.807, 2.05) is 6.07 Å². The van der Waals surface area contributed by atoms with E-state index in [1.165, 1.54) is 5.56 Å². The fraction of sp³-hybridized carbons (Fsp3) is 0.429. The minimum atomic E-state index is 0.347. The Balaban J connectivity index is 1.90. The van der Waals surface area contributed by atoms with Crippen LogP contribution < -0.4 is 5.32 Å². The Bertz CT molecular complexity index is 481. The molecule has 2 aromatic rings. The van der Waals surface area contributed by atoms with Crippen LogP contribution in [0.25, 0.3) is 0 Å². The second-order valence-corrected chi connectivity index (χ2v) is 4.58. The van der Waals surface area contributed by atoms with Crippen molar-refractivity contribution in [2.24, 2.45) is 0 Å². The number of rotatable bonds is 5. The minimum absolute atomic E-state index is 0.347. The number of benzene rings is 1. The van der Waals surface area contributed by atoms with Crippen molar-refractivity contribution in [2.45, 2.75) is 39.3 Å². The van der Waals surface area contributed by atoms with Crippen LogP contribution in [0.5, 0.6) is 0 Å². The van der Waals surface area contributed by atoms with E-state index in [1.54, 1.807) is 6.92 Å². The maximum absolute atomic E-state index is 5.33. The fourth-order valence-corrected chi connectivity index (χ4v) is 1.88. The number of hydrogen-bond acceptors (Lipinski definition) is 4. The third kappa shape index (κ3) is 3.17. The first-order valence-electron chi connectivity index (χ1n) is 6.24. The Hall–Kier alpha value is -1.68. The van der Waals surface area contributed by atoms with E-state index in [-0.39, 0.29) is 0 Å². The highest BCUT2D eigenvalue weighted by molar-refractivity contribution is 5.20. The topological polar surface area (TPSA) is 51.0 Å². The first kappa shape index (κ1) is 12.8. The zero-order chi connectivity index (χ0) is 13.0. The van der Waals surface area contributed by atoms with E-state index < -0.39 is 0 Å². The molecule has 0 radical (unpaired) electrons. The molecule has 4 nitrogen and oxygen atoms in total. The Morgan fingerprint density at radius 1 is 1.17 bits per heavy atom. The molecule has 0 saturated carbocycles. The summed E-state index contributed by atoms with van der Waals surface area (Å²) in [6.45, 7) is 6.79. The molecule has 0 aliphatic carbocycles. The summed E-state index contributed by atoms with van der Waals surface area (Å²) >= 11 is 0. The van der Waals surface area contributed by atoms with Gasteiger partial charge in [0.25, 0.3) is 0 Å². The molecule has 0 fully saturated rings. The first-order valence-corrected chi connectivity index (χ1v) is 6.24. The van der Waals surface area contributed by atoms with Gasteiger partial charge in [-0.15, -0.1) is 10.2 Å². The molecule has 1 aromatic heterocycles. The summed E-state index contributed by atoms with van der Waals surface area (Å²) in [6, 6.07) is 10.8. The van der Waals surface area contributed by atoms with Crippen molar-refractivity contribution in [1.82, 2.24) is 15.5 Å². The molecule has 2 rings (SSSR count). The lowest BCUT2D eigenvalue weighted by molar-refractivity contribution is 0.409. The average molecular weight is 245 g/mol. The minimum Gasteiger partial charge on any atom is -0.424 e. The lowest BCUT2D eigenvalue weighted by atomic mass is 9.94. The summed E-state index contributed by atoms with van der Waals surface area (Å²) in [5, 5.41) is 11.2. The van der Waals surface area contributed by atoms with Gasteiger partial charge in [-0.1, -0.05) is 37.3 Å². The van der Waals surface area contributed by atoms with Gasteiger partial charge in [0.15, 0.2) is 0 Å². The van der Waals surface area contributed by atoms with Gasteiger partial charge in [-0.3, -0.25) is 0 Å². The van der Waals surface area contributed by atoms with Gasteiger partial charge in [-0.25, -0.2) is 0 Å². The van der Waals surface area contributed by atoms with Gasteiger partial charge in [-0.2, -0.15) is 0 Å². The average Bonchev–Trinajstić information content (AvgIpc) is 2.82. The molecule has 4 heteroatoms. The van der Waals surface area contributed by atoms with Gasteiger partial charge in [0.2, 0.25) is 11.8 Å². The van der Waals surface area contributed by atoms with Crippen molar-refractivity contribution in [3.05, 3.63) is 47.7 Å². The van der Waals surface area contributed by atoms with E-state index in [0.29, 0.717) is 30.3 Å². The van der Waals surface area contributed by atoms with Crippen LogP contribution in [0.1, 0.15) is 37.1 Å². The SMILES string of the molecule is Cc1nnc(CN[C@H](C)[C@@H](C)c2ccccc2)o1. The Morgan fingerprint density at radius 2 is 1.89 bits per heavy atom. The summed E-state index contributed by atoms with van der Waals surface area (Å²) in [7, 11) is 0. The molecule has 0 saturated heterocycles. The van der Waals surface area contributed by atoms with Crippen molar-refractivity contribution >= 4 is 0 Å². The Kier molecular flexibility index (Phi) is 4.10. The molecular weight excluding hydrogens is 226 g/mol. The molecule has 0 unspecified atom stereocenters. The van der Waals surface area contributed by atoms with Crippen molar-refractivity contribution in [3.63, 3.8) is 0 Å². The second kappa shape index (κ2) is 5.78. The van der Waals surface area contributed by atoms with Crippen LogP contribution >= 0.6 is 0 Å². The smallest absolute Gasteiger partial charge is 0.230 e. The van der Waals surface area contributed by atoms with E-state index in [4.69, 9.17) is 4.42 Å². The molecule has 0 bridgehead atoms. The Labute approximate surface area is 107 Å². The molecule has 0 aliphatic rings. The number of hydrogen-bond donors (Lipinski definition) is 1. The van der Waals surface area contributed by atoms with Crippen LogP contribution in [0.15, 0.2) is 34.7 Å². The summed E-state index contributed by atoms with van der Waals surface area (Å²) in [6.07, 6.45) is 0. The maximum Gasteiger partial charge on any atom is 0.230 e. The monoisotopic (exact) mass is 245 g/mol. The van der Waals surface area contributed by atoms with Crippen LogP contribution in [-0.2, 0) is 6.54 Å². The summed E-state index contributed by atoms with van der Waals surface area (Å²) in [5.74, 6) is 1.69. The van der Waals surface area contributed by atoms with E-state index in [0.717, 1.165) is 0 Å². The quantitative estimate of drug-likeness (QED) is 0.879. The highest BCUT2D eigenvalue weighted by atomic mass is 16.4. The zero-order valence-electron chi connectivity index (χ0n) is 11.1. The van der Waals surface area contributed by atoms with Crippen molar-refractivity contribution in [1.29, 1.82) is 0 Å². The van der Waals surface area contributed by atoms with Crippen molar-refractivity contribution in [2.75, 3.05) is 0 Å². The molecule has 18 heavy (non-hydrogen) atoms. The van der Waals surface area contributed by atoms with Gasteiger partial charge in [0, 0.05) is 13.0 Å². The number of aryl methyl sites for hydroxylation is 1. The van der Waals surface area contributed by atoms with E-state index in [2.05, 4.69) is 53.6 Å². The molecule has 1 heterocycles. The summed E-state index contributed by atoms with van der Waals surface area (Å²) < 4.78 is 5.33. The van der Waals surface area contributed by atoms with Gasteiger partial charge in [0.05, 0.1) is 6.54 Å². The highest BCUT2D eigenvalue weighted by Gasteiger charge is 2.14. The predicted molar refractivity (Wildman–Crippen MR) is 70.2 cm³/mol. The fourth-order valence-electron chi connectivity index (χ4n) is 1.88. The van der Waals surface area contributed by atoms with Gasteiger partial charge >= 0.3 is 0 Å². The van der Waals surface area contributed by atoms with Crippen LogP contribution in [0.4, 0.5) is 0 Å². The van der Waals surface area contributed by atoms with Gasteiger partial charge in [0.1, 0.15) is 0 Å². The molecule has 0 spiro atoms. The molecular formula is C14H19N3O. The van der Waals surface area contributed by atoms with E-state index in [9.17, 15) is 0 Å². The zero-order valence-corrected chi connectivity index (χ0v) is 11.1. The van der Waals surface area contributed by atoms with Crippen molar-refractivity contribution in [3.8, 4) is 0 Å². The lowest BCUT2D eigenvalue weighted by Gasteiger charge is -2.21. The molecule has 1 N–H and O–H groups in total. The number of aromatic nitrogens is 2. The lowest BCUT2D eigenvalue weighted by Crippen LogP contribution is -2.30. The largest absolute Gasteiger partial charge is 0.424 e. The highest BCUT2D eigenvalue weighted by Crippen LogP contribution is 2.18. The standard InChI is InChI=1S/C14H19N3O/c1-10(13-7-5-4-6-8-13)11(2)15-9-14-17-16-12(3)18-14/h4-8,10-11,15H,9H2,1-3H3/t10-,11-/m1/s1. The third-order valence-electron chi connectivity index (χ3n) is 3.22. The van der Waals surface area contributed by atoms with Gasteiger partial charge in [-0.05, 0) is 18.4 Å². The molecule has 0 aliphatic heterocycles. The maximum atomic E-state index is 5.33. The Morgan fingerprint density at radius 3 is 2.50 bits per heavy atom. The number of nitrogens with zero attached hydrogens (tertiary/aromatic N) is 2. The van der Waals surface area contributed by atoms with Gasteiger partial charge < -0.3 is 9.73 Å². The molecule has 0 amide bonds. The molecule has 1 aromatic carbocycles. The molecule has 96 valence electrons. The van der Waals surface area contributed by atoms with Crippen LogP contribution in [0.2, 0.25) is 0 Å². The molecule has 2 atom stereocenters. The van der Waals surface area contributed by atoms with E-state index >= 15 is 0 Å². The van der Waals surface area contributed by atoms with Crippen LogP contribution in [0.3, 0.4) is 0 Å². The third-order valence-corrected chi connectivity index (χ3v) is 3.22. The van der Waals surface area contributed by atoms with Crippen LogP contribution in [-0.4, -0.2) is 16.2 Å². The number of nitrogens with one attached hydrogen (secondary N) is 1. The predicted octanol–water partition coefficient (Wildman–Crippen LogP) is 2.66. The normalized spacial score (nSPS) is 14.4.